The van der Waals surface area contributed by atoms with Gasteiger partial charge >= 0.3 is 11.9 Å². The van der Waals surface area contributed by atoms with E-state index in [4.69, 9.17) is 21.1 Å². The van der Waals surface area contributed by atoms with Crippen molar-refractivity contribution < 1.29 is 19.1 Å². The molecule has 0 spiro atoms. The summed E-state index contributed by atoms with van der Waals surface area (Å²) in [4.78, 5) is 27.1. The van der Waals surface area contributed by atoms with Gasteiger partial charge in [-0.2, -0.15) is 0 Å². The largest absolute Gasteiger partial charge is 0.463 e. The van der Waals surface area contributed by atoms with Gasteiger partial charge in [0.05, 0.1) is 30.3 Å². The fourth-order valence-corrected chi connectivity index (χ4v) is 3.03. The third kappa shape index (κ3) is 4.28. The van der Waals surface area contributed by atoms with E-state index in [1.165, 1.54) is 0 Å². The van der Waals surface area contributed by atoms with Crippen LogP contribution in [0.1, 0.15) is 39.2 Å². The van der Waals surface area contributed by atoms with Gasteiger partial charge in [-0.05, 0) is 39.3 Å². The van der Waals surface area contributed by atoms with Crippen LogP contribution in [0.15, 0.2) is 47.8 Å². The van der Waals surface area contributed by atoms with Crippen LogP contribution in [0.2, 0.25) is 5.02 Å². The second-order valence-electron chi connectivity index (χ2n) is 6.11. The van der Waals surface area contributed by atoms with Gasteiger partial charge in [-0.3, -0.25) is 0 Å². The zero-order chi connectivity index (χ0) is 19.3. The molecule has 0 amide bonds. The molecule has 0 aromatic heterocycles. The van der Waals surface area contributed by atoms with Crippen LogP contribution in [0.4, 0.5) is 0 Å². The standard InChI is InChI=1S/C20H24ClNO4/c1-5-25-19(23)15-11-22(13(3)4)12-16(20(24)26-6-2)18(15)14-9-7-8-10-17(14)21/h7-13,18H,5-6H2,1-4H3. The Balaban J connectivity index is 2.62. The number of carbonyl (C=O) groups excluding carboxylic acids is 2. The molecule has 0 saturated carbocycles. The van der Waals surface area contributed by atoms with Crippen molar-refractivity contribution in [2.24, 2.45) is 0 Å². The molecule has 0 aliphatic carbocycles. The average Bonchev–Trinajstić information content (AvgIpc) is 2.61. The maximum absolute atomic E-state index is 12.6. The highest BCUT2D eigenvalue weighted by molar-refractivity contribution is 6.31. The third-order valence-electron chi connectivity index (χ3n) is 4.03. The summed E-state index contributed by atoms with van der Waals surface area (Å²) in [6.07, 6.45) is 3.44. The minimum atomic E-state index is -0.642. The van der Waals surface area contributed by atoms with E-state index >= 15 is 0 Å². The lowest BCUT2D eigenvalue weighted by atomic mass is 9.83. The summed E-state index contributed by atoms with van der Waals surface area (Å²) < 4.78 is 10.5. The van der Waals surface area contributed by atoms with Gasteiger partial charge in [-0.1, -0.05) is 29.8 Å². The predicted octanol–water partition coefficient (Wildman–Crippen LogP) is 4.04. The van der Waals surface area contributed by atoms with Gasteiger partial charge in [0.15, 0.2) is 0 Å². The van der Waals surface area contributed by atoms with Crippen molar-refractivity contribution in [2.45, 2.75) is 39.7 Å². The number of rotatable bonds is 6. The SMILES string of the molecule is CCOC(=O)C1=CN(C(C)C)C=C(C(=O)OCC)C1c1ccccc1Cl. The van der Waals surface area contributed by atoms with Crippen molar-refractivity contribution in [1.29, 1.82) is 0 Å². The molecule has 0 N–H and O–H groups in total. The molecular weight excluding hydrogens is 354 g/mol. The van der Waals surface area contributed by atoms with E-state index in [-0.39, 0.29) is 19.3 Å². The van der Waals surface area contributed by atoms with Crippen LogP contribution in [-0.2, 0) is 19.1 Å². The first-order chi connectivity index (χ1) is 12.4. The molecule has 1 aromatic rings. The first-order valence-corrected chi connectivity index (χ1v) is 9.08. The zero-order valence-corrected chi connectivity index (χ0v) is 16.2. The molecule has 0 unspecified atom stereocenters. The topological polar surface area (TPSA) is 55.8 Å². The monoisotopic (exact) mass is 377 g/mol. The normalized spacial score (nSPS) is 14.8. The summed E-state index contributed by atoms with van der Waals surface area (Å²) >= 11 is 6.38. The van der Waals surface area contributed by atoms with Gasteiger partial charge in [-0.25, -0.2) is 9.59 Å². The van der Waals surface area contributed by atoms with E-state index < -0.39 is 17.9 Å². The first kappa shape index (κ1) is 20.0. The maximum Gasteiger partial charge on any atom is 0.336 e. The smallest absolute Gasteiger partial charge is 0.336 e. The minimum absolute atomic E-state index is 0.0519. The maximum atomic E-state index is 12.6. The van der Waals surface area contributed by atoms with E-state index in [9.17, 15) is 9.59 Å². The molecule has 1 heterocycles. The lowest BCUT2D eigenvalue weighted by Crippen LogP contribution is -2.32. The van der Waals surface area contributed by atoms with Gasteiger partial charge in [0, 0.05) is 23.5 Å². The summed E-state index contributed by atoms with van der Waals surface area (Å²) in [6, 6.07) is 7.21. The second-order valence-corrected chi connectivity index (χ2v) is 6.51. The summed E-state index contributed by atoms with van der Waals surface area (Å²) in [7, 11) is 0. The van der Waals surface area contributed by atoms with Crippen molar-refractivity contribution in [1.82, 2.24) is 4.90 Å². The fraction of sp³-hybridized carbons (Fsp3) is 0.400. The quantitative estimate of drug-likeness (QED) is 0.700. The molecule has 0 radical (unpaired) electrons. The average molecular weight is 378 g/mol. The van der Waals surface area contributed by atoms with Gasteiger partial charge < -0.3 is 14.4 Å². The van der Waals surface area contributed by atoms with Crippen molar-refractivity contribution in [3.8, 4) is 0 Å². The molecule has 6 heteroatoms. The highest BCUT2D eigenvalue weighted by Gasteiger charge is 2.36. The minimum Gasteiger partial charge on any atom is -0.463 e. The molecule has 0 fully saturated rings. The molecule has 1 aliphatic rings. The molecule has 140 valence electrons. The molecule has 1 aromatic carbocycles. The Morgan fingerprint density at radius 2 is 1.54 bits per heavy atom. The number of hydrogen-bond acceptors (Lipinski definition) is 5. The number of nitrogens with zero attached hydrogens (tertiary/aromatic N) is 1. The molecule has 1 aliphatic heterocycles. The molecule has 5 nitrogen and oxygen atoms in total. The number of carbonyl (C=O) groups is 2. The molecular formula is C20H24ClNO4. The van der Waals surface area contributed by atoms with E-state index in [1.54, 1.807) is 44.4 Å². The second kappa shape index (κ2) is 8.90. The van der Waals surface area contributed by atoms with E-state index in [0.717, 1.165) is 0 Å². The van der Waals surface area contributed by atoms with Crippen molar-refractivity contribution >= 4 is 23.5 Å². The summed E-state index contributed by atoms with van der Waals surface area (Å²) in [5, 5.41) is 0.473. The lowest BCUT2D eigenvalue weighted by molar-refractivity contribution is -0.139. The van der Waals surface area contributed by atoms with Gasteiger partial charge in [0.25, 0.3) is 0 Å². The number of esters is 2. The van der Waals surface area contributed by atoms with Crippen LogP contribution in [0.3, 0.4) is 0 Å². The van der Waals surface area contributed by atoms with Gasteiger partial charge in [-0.15, -0.1) is 0 Å². The Bertz CT molecular complexity index is 703. The first-order valence-electron chi connectivity index (χ1n) is 8.70. The molecule has 0 atom stereocenters. The highest BCUT2D eigenvalue weighted by atomic mass is 35.5. The van der Waals surface area contributed by atoms with Crippen LogP contribution >= 0.6 is 11.6 Å². The predicted molar refractivity (Wildman–Crippen MR) is 101 cm³/mol. The number of halogens is 1. The molecule has 0 bridgehead atoms. The van der Waals surface area contributed by atoms with E-state index in [0.29, 0.717) is 21.7 Å². The molecule has 2 rings (SSSR count). The van der Waals surface area contributed by atoms with Crippen LogP contribution < -0.4 is 0 Å². The van der Waals surface area contributed by atoms with Crippen LogP contribution in [0.5, 0.6) is 0 Å². The van der Waals surface area contributed by atoms with Gasteiger partial charge in [0.2, 0.25) is 0 Å². The van der Waals surface area contributed by atoms with E-state index in [1.807, 2.05) is 24.8 Å². The molecule has 26 heavy (non-hydrogen) atoms. The number of hydrogen-bond donors (Lipinski definition) is 0. The van der Waals surface area contributed by atoms with Crippen LogP contribution in [0, 0.1) is 0 Å². The Morgan fingerprint density at radius 3 is 1.96 bits per heavy atom. The van der Waals surface area contributed by atoms with Crippen LogP contribution in [0.25, 0.3) is 0 Å². The third-order valence-corrected chi connectivity index (χ3v) is 4.38. The number of benzene rings is 1. The number of ether oxygens (including phenoxy) is 2. The summed E-state index contributed by atoms with van der Waals surface area (Å²) in [6.45, 7) is 7.90. The Kier molecular flexibility index (Phi) is 6.86. The Hall–Kier alpha value is -2.27. The summed E-state index contributed by atoms with van der Waals surface area (Å²) in [5.41, 5.74) is 1.38. The molecule has 0 saturated heterocycles. The Labute approximate surface area is 159 Å². The van der Waals surface area contributed by atoms with E-state index in [2.05, 4.69) is 0 Å². The van der Waals surface area contributed by atoms with Crippen molar-refractivity contribution in [3.63, 3.8) is 0 Å². The summed E-state index contributed by atoms with van der Waals surface area (Å²) in [5.74, 6) is -1.59. The van der Waals surface area contributed by atoms with Gasteiger partial charge in [0.1, 0.15) is 0 Å². The van der Waals surface area contributed by atoms with Crippen LogP contribution in [-0.4, -0.2) is 36.1 Å². The Morgan fingerprint density at radius 1 is 1.04 bits per heavy atom. The van der Waals surface area contributed by atoms with Crippen molar-refractivity contribution in [3.05, 3.63) is 58.4 Å². The lowest BCUT2D eigenvalue weighted by Gasteiger charge is -2.32. The highest BCUT2D eigenvalue weighted by Crippen LogP contribution is 2.40. The van der Waals surface area contributed by atoms with Crippen molar-refractivity contribution in [2.75, 3.05) is 13.2 Å². The zero-order valence-electron chi connectivity index (χ0n) is 15.5. The fourth-order valence-electron chi connectivity index (χ4n) is 2.79.